The zero-order valence-electron chi connectivity index (χ0n) is 22.4. The first-order valence-electron chi connectivity index (χ1n) is 12.6. The van der Waals surface area contributed by atoms with E-state index in [4.69, 9.17) is 15.2 Å². The molecule has 2 heterocycles. The first-order valence-corrected chi connectivity index (χ1v) is 13.4. The number of likely N-dealkylation sites (N-methyl/N-ethyl adjacent to an activating group) is 2. The van der Waals surface area contributed by atoms with Crippen molar-refractivity contribution in [1.29, 1.82) is 0 Å². The molecule has 1 aromatic carbocycles. The summed E-state index contributed by atoms with van der Waals surface area (Å²) in [7, 11) is 0. The Morgan fingerprint density at radius 2 is 1.54 bits per heavy atom. The van der Waals surface area contributed by atoms with Crippen LogP contribution in [0.1, 0.15) is 18.7 Å². The van der Waals surface area contributed by atoms with Gasteiger partial charge in [0.1, 0.15) is 6.33 Å². The molecule has 3 aromatic rings. The number of aromatic nitrogens is 3. The Morgan fingerprint density at radius 1 is 0.923 bits per heavy atom. The second kappa shape index (κ2) is 16.7. The molecule has 0 spiro atoms. The van der Waals surface area contributed by atoms with E-state index in [1.807, 2.05) is 28.4 Å². The summed E-state index contributed by atoms with van der Waals surface area (Å²) in [5.74, 6) is -1.15. The van der Waals surface area contributed by atoms with Gasteiger partial charge in [0.2, 0.25) is 11.9 Å². The van der Waals surface area contributed by atoms with E-state index >= 15 is 0 Å². The number of nitrogens with zero attached hydrogens (tertiary/aromatic N) is 6. The van der Waals surface area contributed by atoms with E-state index in [0.717, 1.165) is 32.7 Å². The van der Waals surface area contributed by atoms with Gasteiger partial charge in [-0.25, -0.2) is 19.6 Å². The number of hydrogen-bond acceptors (Lipinski definition) is 9. The zero-order valence-corrected chi connectivity index (χ0v) is 23.3. The van der Waals surface area contributed by atoms with E-state index in [1.165, 1.54) is 15.0 Å². The summed E-state index contributed by atoms with van der Waals surface area (Å²) in [4.78, 5) is 40.7. The van der Waals surface area contributed by atoms with Gasteiger partial charge < -0.3 is 20.0 Å². The van der Waals surface area contributed by atoms with Crippen LogP contribution in [-0.2, 0) is 16.1 Å². The summed E-state index contributed by atoms with van der Waals surface area (Å²) in [6.45, 7) is 17.9. The highest BCUT2D eigenvalue weighted by atomic mass is 32.1. The molecule has 0 fully saturated rings. The highest BCUT2D eigenvalue weighted by Crippen LogP contribution is 2.26. The van der Waals surface area contributed by atoms with Gasteiger partial charge in [-0.15, -0.1) is 24.5 Å². The van der Waals surface area contributed by atoms with Crippen LogP contribution in [-0.4, -0.2) is 81.3 Å². The van der Waals surface area contributed by atoms with Gasteiger partial charge in [-0.05, 0) is 31.0 Å². The minimum atomic E-state index is -1.26. The highest BCUT2D eigenvalue weighted by Gasteiger charge is 2.14. The maximum Gasteiger partial charge on any atom is 0.328 e. The number of carboxylic acid groups (broad SMARTS) is 2. The van der Waals surface area contributed by atoms with Crippen LogP contribution in [0.15, 0.2) is 74.1 Å². The number of anilines is 2. The Bertz CT molecular complexity index is 1200. The average Bonchev–Trinajstić information content (AvgIpc) is 3.34. The Morgan fingerprint density at radius 3 is 2.08 bits per heavy atom. The lowest BCUT2D eigenvalue weighted by Gasteiger charge is -2.27. The highest BCUT2D eigenvalue weighted by molar-refractivity contribution is 7.19. The number of carboxylic acids is 2. The lowest BCUT2D eigenvalue weighted by atomic mass is 10.2. The average molecular weight is 553 g/mol. The van der Waals surface area contributed by atoms with Crippen LogP contribution in [0.4, 0.5) is 11.9 Å². The van der Waals surface area contributed by atoms with Gasteiger partial charge >= 0.3 is 11.9 Å². The third-order valence-electron chi connectivity index (χ3n) is 5.55. The molecule has 39 heavy (non-hydrogen) atoms. The third-order valence-corrected chi connectivity index (χ3v) is 6.65. The second-order valence-electron chi connectivity index (χ2n) is 8.28. The summed E-state index contributed by atoms with van der Waals surface area (Å²) in [6.07, 6.45) is 6.40. The van der Waals surface area contributed by atoms with Gasteiger partial charge in [0.05, 0.1) is 0 Å². The van der Waals surface area contributed by atoms with Crippen molar-refractivity contribution in [1.82, 2.24) is 19.9 Å². The summed E-state index contributed by atoms with van der Waals surface area (Å²) < 4.78 is 1.35. The summed E-state index contributed by atoms with van der Waals surface area (Å²) in [6, 6.07) is 10.9. The Labute approximate surface area is 233 Å². The van der Waals surface area contributed by atoms with E-state index in [2.05, 4.69) is 77.1 Å². The fraction of sp³-hybridized carbons (Fsp3) is 0.321. The van der Waals surface area contributed by atoms with E-state index in [1.54, 1.807) is 6.33 Å². The lowest BCUT2D eigenvalue weighted by molar-refractivity contribution is -0.134. The molecule has 0 saturated carbocycles. The number of aliphatic carboxylic acids is 2. The fourth-order valence-corrected chi connectivity index (χ4v) is 4.73. The van der Waals surface area contributed by atoms with E-state index in [9.17, 15) is 9.59 Å². The topological polar surface area (TPSA) is 123 Å². The van der Waals surface area contributed by atoms with Gasteiger partial charge in [-0.3, -0.25) is 4.90 Å². The van der Waals surface area contributed by atoms with Crippen LogP contribution in [0.25, 0.3) is 10.1 Å². The summed E-state index contributed by atoms with van der Waals surface area (Å²) in [5, 5.41) is 17.0. The number of fused-ring (bicyclic) bond motifs is 1. The molecule has 0 amide bonds. The van der Waals surface area contributed by atoms with Gasteiger partial charge in [-0.1, -0.05) is 37.3 Å². The van der Waals surface area contributed by atoms with Crippen molar-refractivity contribution in [3.63, 3.8) is 0 Å². The molecule has 0 bridgehead atoms. The molecule has 0 radical (unpaired) electrons. The molecular weight excluding hydrogens is 516 g/mol. The van der Waals surface area contributed by atoms with Gasteiger partial charge in [-0.2, -0.15) is 4.98 Å². The Balaban J connectivity index is 0.000000580. The van der Waals surface area contributed by atoms with Crippen LogP contribution in [0, 0.1) is 0 Å². The quantitative estimate of drug-likeness (QED) is 0.208. The predicted octanol–water partition coefficient (Wildman–Crippen LogP) is 4.32. The largest absolute Gasteiger partial charge is 0.478 e. The number of benzene rings is 1. The van der Waals surface area contributed by atoms with Crippen molar-refractivity contribution in [2.45, 2.75) is 20.4 Å². The number of hydrogen-bond donors (Lipinski definition) is 2. The van der Waals surface area contributed by atoms with E-state index in [0.29, 0.717) is 37.1 Å². The first kappa shape index (κ1) is 31.1. The van der Waals surface area contributed by atoms with Crippen LogP contribution in [0.3, 0.4) is 0 Å². The predicted molar refractivity (Wildman–Crippen MR) is 158 cm³/mol. The fourth-order valence-electron chi connectivity index (χ4n) is 3.62. The zero-order chi connectivity index (χ0) is 28.6. The molecule has 2 N–H and O–H groups in total. The van der Waals surface area contributed by atoms with Gasteiger partial charge in [0.15, 0.2) is 0 Å². The van der Waals surface area contributed by atoms with Gasteiger partial charge in [0.25, 0.3) is 0 Å². The standard InChI is InChI=1S/C24H32N6S.C4H4O4/c1-5-13-30(14-6-2)24-26-19-25-23(27-24)29(8-4)16-15-28(7-3)18-21-17-20-11-9-10-12-22(20)31-21;5-3(6)1-2-4(7)8/h5-6,9-12,17,19H,1-2,7-8,13-16,18H2,3-4H3;1-2H,(H,5,6)(H,7,8). The molecule has 208 valence electrons. The van der Waals surface area contributed by atoms with E-state index < -0.39 is 11.9 Å². The van der Waals surface area contributed by atoms with Crippen molar-refractivity contribution in [2.75, 3.05) is 49.1 Å². The Kier molecular flexibility index (Phi) is 13.3. The molecule has 10 nitrogen and oxygen atoms in total. The second-order valence-corrected chi connectivity index (χ2v) is 9.44. The molecule has 3 rings (SSSR count). The first-order chi connectivity index (χ1) is 18.8. The molecule has 2 aromatic heterocycles. The van der Waals surface area contributed by atoms with E-state index in [-0.39, 0.29) is 0 Å². The minimum Gasteiger partial charge on any atom is -0.478 e. The van der Waals surface area contributed by atoms with Crippen LogP contribution in [0.5, 0.6) is 0 Å². The van der Waals surface area contributed by atoms with Crippen molar-refractivity contribution in [2.24, 2.45) is 0 Å². The third kappa shape index (κ3) is 10.7. The SMILES string of the molecule is C=CCN(CC=C)c1ncnc(N(CC)CCN(CC)Cc2cc3ccccc3s2)n1.O=C(O)C=CC(=O)O. The van der Waals surface area contributed by atoms with Gasteiger partial charge in [0, 0.05) is 61.0 Å². The normalized spacial score (nSPS) is 10.7. The smallest absolute Gasteiger partial charge is 0.328 e. The lowest BCUT2D eigenvalue weighted by Crippen LogP contribution is -2.36. The molecule has 0 atom stereocenters. The molecule has 11 heteroatoms. The number of thiophene rings is 1. The van der Waals surface area contributed by atoms with Crippen molar-refractivity contribution < 1.29 is 19.8 Å². The molecule has 0 aliphatic carbocycles. The van der Waals surface area contributed by atoms with Crippen LogP contribution >= 0.6 is 11.3 Å². The maximum absolute atomic E-state index is 9.55. The van der Waals surface area contributed by atoms with Crippen molar-refractivity contribution in [3.8, 4) is 0 Å². The molecule has 0 aliphatic rings. The summed E-state index contributed by atoms with van der Waals surface area (Å²) >= 11 is 1.88. The minimum absolute atomic E-state index is 0.558. The van der Waals surface area contributed by atoms with Crippen molar-refractivity contribution >= 4 is 45.3 Å². The molecule has 0 aliphatic heterocycles. The van der Waals surface area contributed by atoms with Crippen molar-refractivity contribution in [3.05, 3.63) is 79.0 Å². The van der Waals surface area contributed by atoms with Crippen LogP contribution in [0.2, 0.25) is 0 Å². The monoisotopic (exact) mass is 552 g/mol. The Hall–Kier alpha value is -4.09. The molecular formula is C28H36N6O4S. The number of carbonyl (C=O) groups is 2. The summed E-state index contributed by atoms with van der Waals surface area (Å²) in [5.41, 5.74) is 0. The van der Waals surface area contributed by atoms with Crippen LogP contribution < -0.4 is 9.80 Å². The maximum atomic E-state index is 9.55. The number of rotatable bonds is 15. The molecule has 0 saturated heterocycles. The molecule has 0 unspecified atom stereocenters.